The van der Waals surface area contributed by atoms with E-state index in [1.807, 2.05) is 0 Å². The summed E-state index contributed by atoms with van der Waals surface area (Å²) < 4.78 is 0. The normalized spacial score (nSPS) is 15.3. The summed E-state index contributed by atoms with van der Waals surface area (Å²) in [5.74, 6) is 0.0317. The van der Waals surface area contributed by atoms with Crippen LogP contribution in [-0.4, -0.2) is 35.0 Å². The number of anilines is 1. The summed E-state index contributed by atoms with van der Waals surface area (Å²) >= 11 is 0. The molecule has 2 heterocycles. The molecule has 0 spiro atoms. The maximum Gasteiger partial charge on any atom is 0.329 e. The largest absolute Gasteiger partial charge is 0.329 e. The summed E-state index contributed by atoms with van der Waals surface area (Å²) in [7, 11) is 0. The van der Waals surface area contributed by atoms with E-state index in [4.69, 9.17) is 0 Å². The van der Waals surface area contributed by atoms with Crippen LogP contribution in [-0.2, 0) is 4.79 Å². The van der Waals surface area contributed by atoms with Crippen LogP contribution >= 0.6 is 0 Å². The van der Waals surface area contributed by atoms with Gasteiger partial charge >= 0.3 is 6.03 Å². The molecule has 0 bridgehead atoms. The Bertz CT molecular complexity index is 729. The molecule has 1 aliphatic heterocycles. The van der Waals surface area contributed by atoms with Crippen LogP contribution in [0.3, 0.4) is 0 Å². The number of aldehydes is 1. The van der Waals surface area contributed by atoms with Gasteiger partial charge in [-0.25, -0.2) is 4.79 Å². The molecule has 1 aromatic heterocycles. The maximum absolute atomic E-state index is 11.9. The van der Waals surface area contributed by atoms with Gasteiger partial charge < -0.3 is 0 Å². The lowest BCUT2D eigenvalue weighted by Gasteiger charge is -2.26. The van der Waals surface area contributed by atoms with Crippen molar-refractivity contribution < 1.29 is 14.4 Å². The SMILES string of the molecule is O=Cc1nnc(N2CCC(=O)NC2=O)c2ccccc12. The van der Waals surface area contributed by atoms with E-state index in [1.54, 1.807) is 24.3 Å². The smallest absolute Gasteiger partial charge is 0.296 e. The van der Waals surface area contributed by atoms with Crippen LogP contribution in [0.4, 0.5) is 10.6 Å². The third-order valence-electron chi connectivity index (χ3n) is 3.12. The van der Waals surface area contributed by atoms with Crippen molar-refractivity contribution in [3.05, 3.63) is 30.0 Å². The average molecular weight is 270 g/mol. The Labute approximate surface area is 113 Å². The van der Waals surface area contributed by atoms with E-state index in [2.05, 4.69) is 15.5 Å². The second-order valence-electron chi connectivity index (χ2n) is 4.33. The summed E-state index contributed by atoms with van der Waals surface area (Å²) in [6.45, 7) is 0.240. The summed E-state index contributed by atoms with van der Waals surface area (Å²) in [6.07, 6.45) is 0.829. The highest BCUT2D eigenvalue weighted by Crippen LogP contribution is 2.26. The topological polar surface area (TPSA) is 92.3 Å². The molecule has 20 heavy (non-hydrogen) atoms. The van der Waals surface area contributed by atoms with Gasteiger partial charge in [0, 0.05) is 23.7 Å². The summed E-state index contributed by atoms with van der Waals surface area (Å²) in [6, 6.07) is 6.54. The number of hydrogen-bond acceptors (Lipinski definition) is 5. The number of aromatic nitrogens is 2. The molecule has 0 radical (unpaired) electrons. The monoisotopic (exact) mass is 270 g/mol. The molecule has 1 saturated heterocycles. The first-order chi connectivity index (χ1) is 9.70. The lowest BCUT2D eigenvalue weighted by atomic mass is 10.1. The van der Waals surface area contributed by atoms with Crippen molar-refractivity contribution in [2.75, 3.05) is 11.4 Å². The highest BCUT2D eigenvalue weighted by Gasteiger charge is 2.27. The van der Waals surface area contributed by atoms with Crippen LogP contribution in [0.1, 0.15) is 16.9 Å². The molecule has 1 fully saturated rings. The number of carbonyl (C=O) groups is 3. The first-order valence-electron chi connectivity index (χ1n) is 6.02. The molecule has 1 aromatic carbocycles. The fraction of sp³-hybridized carbons (Fsp3) is 0.154. The van der Waals surface area contributed by atoms with Crippen LogP contribution in [0.15, 0.2) is 24.3 Å². The fourth-order valence-electron chi connectivity index (χ4n) is 2.16. The van der Waals surface area contributed by atoms with Gasteiger partial charge in [-0.2, -0.15) is 0 Å². The van der Waals surface area contributed by atoms with Gasteiger partial charge in [0.2, 0.25) is 5.91 Å². The Kier molecular flexibility index (Phi) is 2.86. The quantitative estimate of drug-likeness (QED) is 0.818. The molecule has 100 valence electrons. The van der Waals surface area contributed by atoms with Crippen LogP contribution < -0.4 is 10.2 Å². The Morgan fingerprint density at radius 1 is 1.15 bits per heavy atom. The molecule has 0 aliphatic carbocycles. The first-order valence-corrected chi connectivity index (χ1v) is 6.02. The number of amides is 3. The third-order valence-corrected chi connectivity index (χ3v) is 3.12. The number of urea groups is 1. The molecule has 0 saturated carbocycles. The van der Waals surface area contributed by atoms with Crippen molar-refractivity contribution in [2.45, 2.75) is 6.42 Å². The van der Waals surface area contributed by atoms with E-state index in [1.165, 1.54) is 4.90 Å². The van der Waals surface area contributed by atoms with Crippen LogP contribution in [0.25, 0.3) is 10.8 Å². The van der Waals surface area contributed by atoms with Gasteiger partial charge in [-0.15, -0.1) is 10.2 Å². The summed E-state index contributed by atoms with van der Waals surface area (Å²) in [5.41, 5.74) is 0.220. The van der Waals surface area contributed by atoms with Gasteiger partial charge in [-0.1, -0.05) is 24.3 Å². The summed E-state index contributed by atoms with van der Waals surface area (Å²) in [5, 5.41) is 11.3. The van der Waals surface area contributed by atoms with Gasteiger partial charge in [-0.05, 0) is 0 Å². The van der Waals surface area contributed by atoms with E-state index in [0.29, 0.717) is 22.9 Å². The predicted molar refractivity (Wildman–Crippen MR) is 70.4 cm³/mol. The van der Waals surface area contributed by atoms with Crippen molar-refractivity contribution in [1.29, 1.82) is 0 Å². The third kappa shape index (κ3) is 1.89. The van der Waals surface area contributed by atoms with E-state index < -0.39 is 6.03 Å². The number of carbonyl (C=O) groups excluding carboxylic acids is 3. The minimum Gasteiger partial charge on any atom is -0.296 e. The highest BCUT2D eigenvalue weighted by atomic mass is 16.2. The highest BCUT2D eigenvalue weighted by molar-refractivity contribution is 6.10. The van der Waals surface area contributed by atoms with Crippen molar-refractivity contribution in [3.63, 3.8) is 0 Å². The zero-order valence-electron chi connectivity index (χ0n) is 10.4. The average Bonchev–Trinajstić information content (AvgIpc) is 2.47. The van der Waals surface area contributed by atoms with Gasteiger partial charge in [-0.3, -0.25) is 19.8 Å². The Hall–Kier alpha value is -2.83. The molecule has 2 aromatic rings. The van der Waals surface area contributed by atoms with E-state index >= 15 is 0 Å². The minimum atomic E-state index is -0.528. The van der Waals surface area contributed by atoms with Crippen molar-refractivity contribution in [2.24, 2.45) is 0 Å². The van der Waals surface area contributed by atoms with E-state index in [-0.39, 0.29) is 24.6 Å². The number of benzene rings is 1. The molecule has 0 unspecified atom stereocenters. The first kappa shape index (κ1) is 12.2. The number of imide groups is 1. The number of nitrogens with zero attached hydrogens (tertiary/aromatic N) is 3. The van der Waals surface area contributed by atoms with Crippen molar-refractivity contribution in [3.8, 4) is 0 Å². The number of rotatable bonds is 2. The maximum atomic E-state index is 11.9. The Morgan fingerprint density at radius 3 is 2.60 bits per heavy atom. The Morgan fingerprint density at radius 2 is 1.90 bits per heavy atom. The second-order valence-corrected chi connectivity index (χ2v) is 4.33. The molecule has 1 N–H and O–H groups in total. The van der Waals surface area contributed by atoms with E-state index in [0.717, 1.165) is 0 Å². The molecule has 3 amide bonds. The summed E-state index contributed by atoms with van der Waals surface area (Å²) in [4.78, 5) is 35.4. The molecule has 7 nitrogen and oxygen atoms in total. The van der Waals surface area contributed by atoms with Crippen LogP contribution in [0, 0.1) is 0 Å². The van der Waals surface area contributed by atoms with Gasteiger partial charge in [0.25, 0.3) is 0 Å². The standard InChI is InChI=1S/C13H10N4O3/c18-7-10-8-3-1-2-4-9(8)12(16-15-10)17-6-5-11(19)14-13(17)20/h1-4,7H,5-6H2,(H,14,19,20). The zero-order valence-corrected chi connectivity index (χ0v) is 10.4. The zero-order chi connectivity index (χ0) is 14.1. The molecule has 7 heteroatoms. The number of hydrogen-bond donors (Lipinski definition) is 1. The minimum absolute atomic E-state index is 0.206. The molecular formula is C13H10N4O3. The molecule has 3 rings (SSSR count). The number of nitrogens with one attached hydrogen (secondary N) is 1. The second kappa shape index (κ2) is 4.69. The molecule has 0 atom stereocenters. The lowest BCUT2D eigenvalue weighted by Crippen LogP contribution is -2.50. The van der Waals surface area contributed by atoms with Gasteiger partial charge in [0.15, 0.2) is 12.1 Å². The Balaban J connectivity index is 2.15. The van der Waals surface area contributed by atoms with Crippen molar-refractivity contribution in [1.82, 2.24) is 15.5 Å². The molecule has 1 aliphatic rings. The van der Waals surface area contributed by atoms with Crippen LogP contribution in [0.2, 0.25) is 0 Å². The fourth-order valence-corrected chi connectivity index (χ4v) is 2.16. The van der Waals surface area contributed by atoms with Crippen LogP contribution in [0.5, 0.6) is 0 Å². The van der Waals surface area contributed by atoms with Gasteiger partial charge in [0.1, 0.15) is 5.69 Å². The van der Waals surface area contributed by atoms with Crippen molar-refractivity contribution >= 4 is 34.8 Å². The van der Waals surface area contributed by atoms with Gasteiger partial charge in [0.05, 0.1) is 0 Å². The number of fused-ring (bicyclic) bond motifs is 1. The van der Waals surface area contributed by atoms with E-state index in [9.17, 15) is 14.4 Å². The lowest BCUT2D eigenvalue weighted by molar-refractivity contribution is -0.120. The predicted octanol–water partition coefficient (Wildman–Crippen LogP) is 0.889. The molecular weight excluding hydrogens is 260 g/mol.